The van der Waals surface area contributed by atoms with E-state index in [9.17, 15) is 8.78 Å². The van der Waals surface area contributed by atoms with Crippen LogP contribution in [0, 0.1) is 11.6 Å². The van der Waals surface area contributed by atoms with Crippen molar-refractivity contribution in [3.8, 4) is 11.3 Å². The molecule has 1 heterocycles. The molecule has 0 radical (unpaired) electrons. The summed E-state index contributed by atoms with van der Waals surface area (Å²) in [4.78, 5) is 3.98. The Morgan fingerprint density at radius 2 is 2.05 bits per heavy atom. The van der Waals surface area contributed by atoms with E-state index < -0.39 is 11.6 Å². The molecule has 0 aliphatic rings. The van der Waals surface area contributed by atoms with Crippen LogP contribution in [0.5, 0.6) is 0 Å². The molecular formula is C13H13BrF2N2O2. The van der Waals surface area contributed by atoms with Crippen molar-refractivity contribution >= 4 is 15.9 Å². The maximum atomic E-state index is 13.9. The summed E-state index contributed by atoms with van der Waals surface area (Å²) in [6.45, 7) is 1.48. The number of halogens is 3. The molecule has 1 aromatic heterocycles. The molecule has 4 nitrogen and oxygen atoms in total. The fraction of sp³-hybridized carbons (Fsp3) is 0.308. The maximum absolute atomic E-state index is 13.9. The van der Waals surface area contributed by atoms with Gasteiger partial charge in [0.2, 0.25) is 0 Å². The molecular weight excluding hydrogens is 334 g/mol. The van der Waals surface area contributed by atoms with E-state index in [1.54, 1.807) is 7.11 Å². The standard InChI is InChI=1S/C13H13BrF2N2O2/c1-19-3-2-17-6-11-13(20-7-18-11)12-9(15)4-8(14)5-10(12)16/h4-5,7,17H,2-3,6H2,1H3. The molecule has 0 amide bonds. The zero-order valence-electron chi connectivity index (χ0n) is 10.8. The minimum Gasteiger partial charge on any atom is -0.443 e. The highest BCUT2D eigenvalue weighted by Crippen LogP contribution is 2.31. The van der Waals surface area contributed by atoms with Gasteiger partial charge in [-0.15, -0.1) is 0 Å². The van der Waals surface area contributed by atoms with E-state index in [0.717, 1.165) is 0 Å². The highest BCUT2D eigenvalue weighted by atomic mass is 79.9. The van der Waals surface area contributed by atoms with Crippen LogP contribution in [-0.4, -0.2) is 25.2 Å². The Labute approximate surface area is 123 Å². The zero-order chi connectivity index (χ0) is 14.5. The Morgan fingerprint density at radius 1 is 1.35 bits per heavy atom. The van der Waals surface area contributed by atoms with Crippen molar-refractivity contribution in [3.63, 3.8) is 0 Å². The minimum absolute atomic E-state index is 0.0948. The Morgan fingerprint density at radius 3 is 2.70 bits per heavy atom. The lowest BCUT2D eigenvalue weighted by Gasteiger charge is -2.06. The molecule has 0 fully saturated rings. The van der Waals surface area contributed by atoms with Gasteiger partial charge < -0.3 is 14.5 Å². The SMILES string of the molecule is COCCNCc1ncoc1-c1c(F)cc(Br)cc1F. The predicted molar refractivity (Wildman–Crippen MR) is 73.1 cm³/mol. The molecule has 1 N–H and O–H groups in total. The molecule has 0 aliphatic heterocycles. The first kappa shape index (κ1) is 15.1. The number of nitrogens with one attached hydrogen (secondary N) is 1. The van der Waals surface area contributed by atoms with Crippen LogP contribution in [0.1, 0.15) is 5.69 Å². The summed E-state index contributed by atoms with van der Waals surface area (Å²) >= 11 is 3.04. The number of oxazole rings is 1. The highest BCUT2D eigenvalue weighted by Gasteiger charge is 2.19. The molecule has 0 saturated carbocycles. The van der Waals surface area contributed by atoms with Crippen molar-refractivity contribution in [2.75, 3.05) is 20.3 Å². The molecule has 108 valence electrons. The average molecular weight is 347 g/mol. The minimum atomic E-state index is -0.702. The third-order valence-electron chi connectivity index (χ3n) is 2.65. The molecule has 0 unspecified atom stereocenters. The summed E-state index contributed by atoms with van der Waals surface area (Å²) in [5.41, 5.74) is 0.232. The van der Waals surface area contributed by atoms with Crippen LogP contribution < -0.4 is 5.32 Å². The van der Waals surface area contributed by atoms with Gasteiger partial charge in [0.15, 0.2) is 12.2 Å². The van der Waals surface area contributed by atoms with Crippen molar-refractivity contribution < 1.29 is 17.9 Å². The van der Waals surface area contributed by atoms with Gasteiger partial charge in [-0.2, -0.15) is 0 Å². The van der Waals surface area contributed by atoms with E-state index in [4.69, 9.17) is 9.15 Å². The van der Waals surface area contributed by atoms with Gasteiger partial charge in [0.1, 0.15) is 17.3 Å². The van der Waals surface area contributed by atoms with Crippen molar-refractivity contribution in [1.82, 2.24) is 10.3 Å². The lowest BCUT2D eigenvalue weighted by molar-refractivity contribution is 0.199. The number of benzene rings is 1. The number of aromatic nitrogens is 1. The molecule has 20 heavy (non-hydrogen) atoms. The fourth-order valence-electron chi connectivity index (χ4n) is 1.74. The van der Waals surface area contributed by atoms with Crippen LogP contribution in [0.15, 0.2) is 27.4 Å². The lowest BCUT2D eigenvalue weighted by atomic mass is 10.1. The first-order chi connectivity index (χ1) is 9.63. The molecule has 0 spiro atoms. The van der Waals surface area contributed by atoms with Crippen molar-refractivity contribution in [2.45, 2.75) is 6.54 Å². The molecule has 7 heteroatoms. The number of hydrogen-bond acceptors (Lipinski definition) is 4. The van der Waals surface area contributed by atoms with Crippen LogP contribution >= 0.6 is 15.9 Å². The smallest absolute Gasteiger partial charge is 0.181 e. The number of nitrogens with zero attached hydrogens (tertiary/aromatic N) is 1. The van der Waals surface area contributed by atoms with Crippen molar-refractivity contribution in [3.05, 3.63) is 40.3 Å². The highest BCUT2D eigenvalue weighted by molar-refractivity contribution is 9.10. The van der Waals surface area contributed by atoms with E-state index >= 15 is 0 Å². The summed E-state index contributed by atoms with van der Waals surface area (Å²) in [5.74, 6) is -1.31. The number of rotatable bonds is 6. The van der Waals surface area contributed by atoms with Gasteiger partial charge in [-0.3, -0.25) is 0 Å². The van der Waals surface area contributed by atoms with E-state index in [1.165, 1.54) is 18.5 Å². The lowest BCUT2D eigenvalue weighted by Crippen LogP contribution is -2.19. The predicted octanol–water partition coefficient (Wildman–Crippen LogP) is 3.12. The van der Waals surface area contributed by atoms with Crippen molar-refractivity contribution in [2.24, 2.45) is 0 Å². The van der Waals surface area contributed by atoms with Gasteiger partial charge in [0.05, 0.1) is 12.2 Å². The van der Waals surface area contributed by atoms with Gasteiger partial charge in [-0.1, -0.05) is 15.9 Å². The Kier molecular flexibility index (Phi) is 5.22. The molecule has 2 rings (SSSR count). The van der Waals surface area contributed by atoms with Gasteiger partial charge in [0, 0.05) is 24.7 Å². The number of hydrogen-bond donors (Lipinski definition) is 1. The summed E-state index contributed by atoms with van der Waals surface area (Å²) in [7, 11) is 1.59. The fourth-order valence-corrected chi connectivity index (χ4v) is 2.14. The number of methoxy groups -OCH3 is 1. The van der Waals surface area contributed by atoms with E-state index in [2.05, 4.69) is 26.2 Å². The van der Waals surface area contributed by atoms with Gasteiger partial charge >= 0.3 is 0 Å². The van der Waals surface area contributed by atoms with E-state index in [-0.39, 0.29) is 11.3 Å². The molecule has 2 aromatic rings. The van der Waals surface area contributed by atoms with Crippen molar-refractivity contribution in [1.29, 1.82) is 0 Å². The Balaban J connectivity index is 2.24. The third-order valence-corrected chi connectivity index (χ3v) is 3.11. The normalized spacial score (nSPS) is 11.0. The summed E-state index contributed by atoms with van der Waals surface area (Å²) in [6.07, 6.45) is 1.17. The average Bonchev–Trinajstić information content (AvgIpc) is 2.82. The van der Waals surface area contributed by atoms with Gasteiger partial charge in [-0.05, 0) is 12.1 Å². The van der Waals surface area contributed by atoms with Gasteiger partial charge in [-0.25, -0.2) is 13.8 Å². The van der Waals surface area contributed by atoms with Crippen LogP contribution in [0.2, 0.25) is 0 Å². The second kappa shape index (κ2) is 6.92. The first-order valence-corrected chi connectivity index (χ1v) is 6.69. The molecule has 0 saturated heterocycles. The van der Waals surface area contributed by atoms with Crippen LogP contribution in [0.3, 0.4) is 0 Å². The molecule has 0 aliphatic carbocycles. The quantitative estimate of drug-likeness (QED) is 0.816. The molecule has 0 bridgehead atoms. The molecule has 1 aromatic carbocycles. The largest absolute Gasteiger partial charge is 0.443 e. The van der Waals surface area contributed by atoms with E-state index in [1.807, 2.05) is 0 Å². The van der Waals surface area contributed by atoms with Crippen LogP contribution in [0.25, 0.3) is 11.3 Å². The topological polar surface area (TPSA) is 47.3 Å². The third kappa shape index (κ3) is 3.41. The summed E-state index contributed by atoms with van der Waals surface area (Å²) < 4.78 is 38.2. The maximum Gasteiger partial charge on any atom is 0.181 e. The Hall–Kier alpha value is -1.31. The van der Waals surface area contributed by atoms with Gasteiger partial charge in [0.25, 0.3) is 0 Å². The van der Waals surface area contributed by atoms with E-state index in [0.29, 0.717) is 29.9 Å². The summed E-state index contributed by atoms with van der Waals surface area (Å²) in [6, 6.07) is 2.37. The van der Waals surface area contributed by atoms with Crippen LogP contribution in [-0.2, 0) is 11.3 Å². The second-order valence-corrected chi connectivity index (χ2v) is 4.96. The second-order valence-electron chi connectivity index (χ2n) is 4.04. The monoisotopic (exact) mass is 346 g/mol. The summed E-state index contributed by atoms with van der Waals surface area (Å²) in [5, 5.41) is 3.05. The first-order valence-electron chi connectivity index (χ1n) is 5.90. The van der Waals surface area contributed by atoms with Crippen LogP contribution in [0.4, 0.5) is 8.78 Å². The Bertz CT molecular complexity index is 566. The number of ether oxygens (including phenoxy) is 1. The molecule has 0 atom stereocenters. The zero-order valence-corrected chi connectivity index (χ0v) is 12.3.